The molecular formula is C11H9Cl2FO. The molecule has 0 aromatic heterocycles. The third kappa shape index (κ3) is 3.65. The molecule has 0 fully saturated rings. The van der Waals surface area contributed by atoms with Crippen molar-refractivity contribution in [3.8, 4) is 0 Å². The Labute approximate surface area is 97.5 Å². The number of carbonyl (C=O) groups excluding carboxylic acids is 1. The van der Waals surface area contributed by atoms with Crippen LogP contribution in [-0.2, 0) is 4.79 Å². The van der Waals surface area contributed by atoms with Crippen molar-refractivity contribution in [1.82, 2.24) is 0 Å². The van der Waals surface area contributed by atoms with Crippen molar-refractivity contribution in [2.75, 3.05) is 0 Å². The standard InChI is InChI=1S/C11H9Cl2FO/c12-10(2-1-7-15)11(13)8-3-5-9(14)6-4-8/h3-7H,1-2H2/b11-10-. The van der Waals surface area contributed by atoms with Crippen molar-refractivity contribution in [2.24, 2.45) is 0 Å². The quantitative estimate of drug-likeness (QED) is 0.736. The largest absolute Gasteiger partial charge is 0.303 e. The van der Waals surface area contributed by atoms with E-state index in [4.69, 9.17) is 23.2 Å². The van der Waals surface area contributed by atoms with Crippen LogP contribution in [-0.4, -0.2) is 6.29 Å². The molecule has 0 N–H and O–H groups in total. The maximum absolute atomic E-state index is 12.6. The molecule has 1 aromatic carbocycles. The zero-order chi connectivity index (χ0) is 11.3. The molecule has 0 unspecified atom stereocenters. The molecule has 0 heterocycles. The average molecular weight is 247 g/mol. The van der Waals surface area contributed by atoms with Gasteiger partial charge in [0.2, 0.25) is 0 Å². The lowest BCUT2D eigenvalue weighted by atomic mass is 10.2. The predicted octanol–water partition coefficient (Wildman–Crippen LogP) is 3.95. The first-order valence-electron chi connectivity index (χ1n) is 4.39. The molecule has 1 rings (SSSR count). The molecule has 0 aliphatic carbocycles. The highest BCUT2D eigenvalue weighted by molar-refractivity contribution is 6.54. The second-order valence-corrected chi connectivity index (χ2v) is 3.77. The smallest absolute Gasteiger partial charge is 0.123 e. The molecule has 80 valence electrons. The highest BCUT2D eigenvalue weighted by atomic mass is 35.5. The summed E-state index contributed by atoms with van der Waals surface area (Å²) < 4.78 is 12.6. The van der Waals surface area contributed by atoms with Gasteiger partial charge in [0, 0.05) is 11.5 Å². The van der Waals surface area contributed by atoms with E-state index < -0.39 is 0 Å². The summed E-state index contributed by atoms with van der Waals surface area (Å²) in [6.45, 7) is 0. The van der Waals surface area contributed by atoms with Crippen molar-refractivity contribution in [1.29, 1.82) is 0 Å². The lowest BCUT2D eigenvalue weighted by Crippen LogP contribution is -1.84. The molecule has 15 heavy (non-hydrogen) atoms. The number of rotatable bonds is 4. The van der Waals surface area contributed by atoms with Crippen LogP contribution in [0.25, 0.3) is 5.03 Å². The summed E-state index contributed by atoms with van der Waals surface area (Å²) in [5, 5.41) is 0.772. The molecule has 0 atom stereocenters. The summed E-state index contributed by atoms with van der Waals surface area (Å²) in [7, 11) is 0. The van der Waals surface area contributed by atoms with Gasteiger partial charge in [-0.05, 0) is 24.1 Å². The molecule has 0 aliphatic rings. The van der Waals surface area contributed by atoms with Crippen molar-refractivity contribution in [3.63, 3.8) is 0 Å². The van der Waals surface area contributed by atoms with Crippen LogP contribution in [0.1, 0.15) is 18.4 Å². The summed E-state index contributed by atoms with van der Waals surface area (Å²) in [5.41, 5.74) is 0.647. The Morgan fingerprint density at radius 3 is 2.40 bits per heavy atom. The first-order chi connectivity index (χ1) is 7.15. The Hall–Kier alpha value is -0.860. The van der Waals surface area contributed by atoms with Gasteiger partial charge in [-0.2, -0.15) is 0 Å². The number of hydrogen-bond acceptors (Lipinski definition) is 1. The van der Waals surface area contributed by atoms with Crippen molar-refractivity contribution >= 4 is 34.5 Å². The van der Waals surface area contributed by atoms with Crippen LogP contribution in [0.2, 0.25) is 0 Å². The Kier molecular flexibility index (Phi) is 4.79. The number of aldehydes is 1. The van der Waals surface area contributed by atoms with Gasteiger partial charge in [0.15, 0.2) is 0 Å². The normalized spacial score (nSPS) is 12.2. The zero-order valence-electron chi connectivity index (χ0n) is 7.84. The minimum Gasteiger partial charge on any atom is -0.303 e. The number of hydrogen-bond donors (Lipinski definition) is 0. The van der Waals surface area contributed by atoms with E-state index in [1.165, 1.54) is 12.1 Å². The van der Waals surface area contributed by atoms with Gasteiger partial charge in [0.25, 0.3) is 0 Å². The Balaban J connectivity index is 2.86. The van der Waals surface area contributed by atoms with E-state index in [1.807, 2.05) is 0 Å². The minimum absolute atomic E-state index is 0.327. The third-order valence-corrected chi connectivity index (χ3v) is 2.74. The van der Waals surface area contributed by atoms with Gasteiger partial charge < -0.3 is 4.79 Å². The number of halogens is 3. The molecule has 1 nitrogen and oxygen atoms in total. The molecule has 0 saturated carbocycles. The summed E-state index contributed by atoms with van der Waals surface area (Å²) in [5.74, 6) is -0.327. The highest BCUT2D eigenvalue weighted by Gasteiger charge is 2.04. The molecule has 1 aromatic rings. The molecule has 0 bridgehead atoms. The van der Waals surface area contributed by atoms with Gasteiger partial charge in [0.05, 0.1) is 5.03 Å². The topological polar surface area (TPSA) is 17.1 Å². The van der Waals surface area contributed by atoms with Crippen LogP contribution in [0.15, 0.2) is 29.3 Å². The molecule has 0 spiro atoms. The van der Waals surface area contributed by atoms with Crippen LogP contribution in [0.5, 0.6) is 0 Å². The Bertz CT molecular complexity index is 371. The van der Waals surface area contributed by atoms with Gasteiger partial charge in [-0.25, -0.2) is 4.39 Å². The van der Waals surface area contributed by atoms with Gasteiger partial charge in [-0.3, -0.25) is 0 Å². The van der Waals surface area contributed by atoms with Crippen molar-refractivity contribution < 1.29 is 9.18 Å². The Morgan fingerprint density at radius 2 is 1.87 bits per heavy atom. The lowest BCUT2D eigenvalue weighted by molar-refractivity contribution is -0.107. The fraction of sp³-hybridized carbons (Fsp3) is 0.182. The van der Waals surface area contributed by atoms with Gasteiger partial charge >= 0.3 is 0 Å². The first-order valence-corrected chi connectivity index (χ1v) is 5.14. The second-order valence-electron chi connectivity index (χ2n) is 2.93. The van der Waals surface area contributed by atoms with Crippen LogP contribution >= 0.6 is 23.2 Å². The summed E-state index contributed by atoms with van der Waals surface area (Å²) in [4.78, 5) is 10.1. The molecule has 0 amide bonds. The van der Waals surface area contributed by atoms with E-state index in [0.29, 0.717) is 28.5 Å². The summed E-state index contributed by atoms with van der Waals surface area (Å²) in [6.07, 6.45) is 1.51. The molecule has 0 aliphatic heterocycles. The fourth-order valence-corrected chi connectivity index (χ4v) is 1.49. The number of allylic oxidation sites excluding steroid dienone is 1. The maximum atomic E-state index is 12.6. The van der Waals surface area contributed by atoms with Crippen LogP contribution in [0, 0.1) is 5.82 Å². The van der Waals surface area contributed by atoms with E-state index in [1.54, 1.807) is 12.1 Å². The Morgan fingerprint density at radius 1 is 1.27 bits per heavy atom. The van der Waals surface area contributed by atoms with Crippen LogP contribution in [0.3, 0.4) is 0 Å². The van der Waals surface area contributed by atoms with Crippen molar-refractivity contribution in [3.05, 3.63) is 40.7 Å². The minimum atomic E-state index is -0.327. The van der Waals surface area contributed by atoms with E-state index in [2.05, 4.69) is 0 Å². The van der Waals surface area contributed by atoms with E-state index in [0.717, 1.165) is 6.29 Å². The number of benzene rings is 1. The van der Waals surface area contributed by atoms with E-state index in [9.17, 15) is 9.18 Å². The molecule has 4 heteroatoms. The fourth-order valence-electron chi connectivity index (χ4n) is 1.05. The van der Waals surface area contributed by atoms with E-state index in [-0.39, 0.29) is 5.82 Å². The van der Waals surface area contributed by atoms with Crippen LogP contribution in [0.4, 0.5) is 4.39 Å². The zero-order valence-corrected chi connectivity index (χ0v) is 9.35. The first kappa shape index (κ1) is 12.2. The monoisotopic (exact) mass is 246 g/mol. The number of carbonyl (C=O) groups is 1. The molecular weight excluding hydrogens is 238 g/mol. The molecule has 0 radical (unpaired) electrons. The highest BCUT2D eigenvalue weighted by Crippen LogP contribution is 2.28. The predicted molar refractivity (Wildman–Crippen MR) is 60.3 cm³/mol. The van der Waals surface area contributed by atoms with Gasteiger partial charge in [-0.15, -0.1) is 0 Å². The van der Waals surface area contributed by atoms with Crippen molar-refractivity contribution in [2.45, 2.75) is 12.8 Å². The summed E-state index contributed by atoms with van der Waals surface area (Å²) >= 11 is 11.8. The second kappa shape index (κ2) is 5.89. The van der Waals surface area contributed by atoms with Gasteiger partial charge in [-0.1, -0.05) is 35.3 Å². The molecule has 0 saturated heterocycles. The van der Waals surface area contributed by atoms with Gasteiger partial charge in [0.1, 0.15) is 12.1 Å². The maximum Gasteiger partial charge on any atom is 0.123 e. The SMILES string of the molecule is O=CCC/C(Cl)=C(/Cl)c1ccc(F)cc1. The van der Waals surface area contributed by atoms with Crippen LogP contribution < -0.4 is 0 Å². The third-order valence-electron chi connectivity index (χ3n) is 1.82. The summed E-state index contributed by atoms with van der Waals surface area (Å²) in [6, 6.07) is 5.70. The van der Waals surface area contributed by atoms with E-state index >= 15 is 0 Å². The lowest BCUT2D eigenvalue weighted by Gasteiger charge is -2.02. The average Bonchev–Trinajstić information content (AvgIpc) is 2.26.